The maximum absolute atomic E-state index is 11.4. The number of allylic oxidation sites excluding steroid dienone is 1. The molecule has 0 saturated heterocycles. The van der Waals surface area contributed by atoms with Crippen molar-refractivity contribution in [1.82, 2.24) is 0 Å². The van der Waals surface area contributed by atoms with E-state index < -0.39 is 6.10 Å². The number of hydrogen-bond donors (Lipinski definition) is 0. The number of cyclic esters (lactones) is 1. The van der Waals surface area contributed by atoms with Crippen LogP contribution in [-0.2, 0) is 14.3 Å². The second-order valence-corrected chi connectivity index (χ2v) is 3.85. The number of carbonyl (C=O) groups is 2. The van der Waals surface area contributed by atoms with Crippen LogP contribution in [0, 0.1) is 5.92 Å². The van der Waals surface area contributed by atoms with Gasteiger partial charge in [0.2, 0.25) is 0 Å². The van der Waals surface area contributed by atoms with Gasteiger partial charge in [-0.15, -0.1) is 0 Å². The average Bonchev–Trinajstić information content (AvgIpc) is 2.64. The zero-order valence-electron chi connectivity index (χ0n) is 9.82. The lowest BCUT2D eigenvalue weighted by Crippen LogP contribution is -2.25. The van der Waals surface area contributed by atoms with E-state index in [4.69, 9.17) is 4.74 Å². The van der Waals surface area contributed by atoms with Crippen LogP contribution in [0.2, 0.25) is 0 Å². The monoisotopic (exact) mass is 220 g/mol. The molecule has 1 aliphatic rings. The first-order chi connectivity index (χ1) is 7.47. The van der Waals surface area contributed by atoms with Crippen LogP contribution in [0.3, 0.4) is 0 Å². The van der Waals surface area contributed by atoms with Crippen molar-refractivity contribution in [2.45, 2.75) is 26.9 Å². The number of Topliss-reactive ketones (excluding diaryl/α,β-unsaturated/α-hetero) is 1. The number of rotatable bonds is 4. The summed E-state index contributed by atoms with van der Waals surface area (Å²) in [5.41, 5.74) is 1.45. The summed E-state index contributed by atoms with van der Waals surface area (Å²) in [7, 11) is 0. The van der Waals surface area contributed by atoms with E-state index in [0.717, 1.165) is 5.57 Å². The molecule has 0 radical (unpaired) electrons. The molecule has 3 nitrogen and oxygen atoms in total. The van der Waals surface area contributed by atoms with Gasteiger partial charge in [-0.25, -0.2) is 4.79 Å². The number of ketones is 1. The fraction of sp³-hybridized carbons (Fsp3) is 0.385. The Kier molecular flexibility index (Phi) is 3.82. The summed E-state index contributed by atoms with van der Waals surface area (Å²) in [6, 6.07) is 0. The van der Waals surface area contributed by atoms with E-state index in [0.29, 0.717) is 5.57 Å². The van der Waals surface area contributed by atoms with Gasteiger partial charge in [0, 0.05) is 12.0 Å². The fourth-order valence-electron chi connectivity index (χ4n) is 1.70. The summed E-state index contributed by atoms with van der Waals surface area (Å²) in [5, 5.41) is 0. The molecule has 0 aromatic heterocycles. The molecule has 0 aromatic rings. The molecule has 1 heterocycles. The first-order valence-electron chi connectivity index (χ1n) is 5.18. The smallest absolute Gasteiger partial charge is 0.331 e. The largest absolute Gasteiger partial charge is 0.454 e. The quantitative estimate of drug-likeness (QED) is 0.414. The Hall–Kier alpha value is -1.64. The molecule has 86 valence electrons. The van der Waals surface area contributed by atoms with E-state index in [1.807, 2.05) is 19.9 Å². The molecular formula is C13H16O3. The van der Waals surface area contributed by atoms with E-state index >= 15 is 0 Å². The van der Waals surface area contributed by atoms with Gasteiger partial charge in [-0.05, 0) is 32.4 Å². The minimum atomic E-state index is -0.403. The molecule has 0 bridgehead atoms. The lowest BCUT2D eigenvalue weighted by Gasteiger charge is -2.23. The summed E-state index contributed by atoms with van der Waals surface area (Å²) < 4.78 is 5.11. The van der Waals surface area contributed by atoms with Gasteiger partial charge in [0.25, 0.3) is 0 Å². The van der Waals surface area contributed by atoms with Crippen molar-refractivity contribution >= 4 is 11.8 Å². The maximum atomic E-state index is 11.4. The van der Waals surface area contributed by atoms with Gasteiger partial charge in [0.05, 0.1) is 0 Å². The van der Waals surface area contributed by atoms with Crippen molar-refractivity contribution in [3.63, 3.8) is 0 Å². The first kappa shape index (κ1) is 12.4. The molecule has 2 atom stereocenters. The summed E-state index contributed by atoms with van der Waals surface area (Å²) in [6.45, 7) is 9.04. The zero-order valence-corrected chi connectivity index (χ0v) is 9.82. The van der Waals surface area contributed by atoms with E-state index in [1.165, 1.54) is 13.0 Å². The molecular weight excluding hydrogens is 204 g/mol. The van der Waals surface area contributed by atoms with Crippen LogP contribution in [0.1, 0.15) is 20.8 Å². The SMILES string of the molecule is C=C(C(C)=O)[C@@H](/C(C)=C/C)[C@@H]1C=CC(=O)O1. The zero-order chi connectivity index (χ0) is 12.3. The highest BCUT2D eigenvalue weighted by atomic mass is 16.5. The Bertz CT molecular complexity index is 388. The van der Waals surface area contributed by atoms with Crippen molar-refractivity contribution in [2.75, 3.05) is 0 Å². The van der Waals surface area contributed by atoms with Crippen molar-refractivity contribution in [3.05, 3.63) is 36.0 Å². The fourth-order valence-corrected chi connectivity index (χ4v) is 1.70. The predicted molar refractivity (Wildman–Crippen MR) is 61.8 cm³/mol. The van der Waals surface area contributed by atoms with Crippen LogP contribution in [0.25, 0.3) is 0 Å². The molecule has 3 heteroatoms. The Morgan fingerprint density at radius 1 is 1.56 bits per heavy atom. The number of ether oxygens (including phenoxy) is 1. The highest BCUT2D eigenvalue weighted by molar-refractivity contribution is 5.94. The molecule has 1 rings (SSSR count). The van der Waals surface area contributed by atoms with E-state index in [2.05, 4.69) is 6.58 Å². The standard InChI is InChI=1S/C13H16O3/c1-5-8(2)13(9(3)10(4)14)11-6-7-12(15)16-11/h5-7,11,13H,3H2,1-2,4H3/b8-5+/t11-,13+/m0/s1. The third-order valence-corrected chi connectivity index (χ3v) is 2.78. The van der Waals surface area contributed by atoms with Crippen molar-refractivity contribution < 1.29 is 14.3 Å². The topological polar surface area (TPSA) is 43.4 Å². The molecule has 0 amide bonds. The van der Waals surface area contributed by atoms with Crippen LogP contribution in [0.15, 0.2) is 36.0 Å². The highest BCUT2D eigenvalue weighted by Gasteiger charge is 2.31. The summed E-state index contributed by atoms with van der Waals surface area (Å²) in [6.07, 6.45) is 4.56. The Balaban J connectivity index is 2.97. The van der Waals surface area contributed by atoms with E-state index in [9.17, 15) is 9.59 Å². The lowest BCUT2D eigenvalue weighted by atomic mass is 9.85. The minimum absolute atomic E-state index is 0.0810. The summed E-state index contributed by atoms with van der Waals surface area (Å²) >= 11 is 0. The number of hydrogen-bond acceptors (Lipinski definition) is 3. The van der Waals surface area contributed by atoms with Crippen LogP contribution >= 0.6 is 0 Å². The maximum Gasteiger partial charge on any atom is 0.331 e. The molecule has 0 N–H and O–H groups in total. The second-order valence-electron chi connectivity index (χ2n) is 3.85. The van der Waals surface area contributed by atoms with Gasteiger partial charge >= 0.3 is 5.97 Å². The van der Waals surface area contributed by atoms with Gasteiger partial charge < -0.3 is 4.74 Å². The molecule has 0 unspecified atom stereocenters. The highest BCUT2D eigenvalue weighted by Crippen LogP contribution is 2.28. The Morgan fingerprint density at radius 2 is 2.19 bits per heavy atom. The lowest BCUT2D eigenvalue weighted by molar-refractivity contribution is -0.139. The van der Waals surface area contributed by atoms with Gasteiger partial charge in [0.15, 0.2) is 5.78 Å². The third kappa shape index (κ3) is 2.48. The van der Waals surface area contributed by atoms with Gasteiger partial charge in [-0.1, -0.05) is 18.2 Å². The molecule has 16 heavy (non-hydrogen) atoms. The van der Waals surface area contributed by atoms with Gasteiger partial charge in [-0.3, -0.25) is 4.79 Å². The first-order valence-corrected chi connectivity index (χ1v) is 5.18. The summed E-state index contributed by atoms with van der Waals surface area (Å²) in [4.78, 5) is 22.4. The van der Waals surface area contributed by atoms with Crippen molar-refractivity contribution in [3.8, 4) is 0 Å². The molecule has 0 aliphatic carbocycles. The Morgan fingerprint density at radius 3 is 2.56 bits per heavy atom. The Labute approximate surface area is 95.5 Å². The van der Waals surface area contributed by atoms with Crippen LogP contribution < -0.4 is 0 Å². The van der Waals surface area contributed by atoms with Gasteiger partial charge in [0.1, 0.15) is 6.10 Å². The minimum Gasteiger partial charge on any atom is -0.454 e. The number of esters is 1. The molecule has 0 fully saturated rings. The third-order valence-electron chi connectivity index (χ3n) is 2.78. The molecule has 0 saturated carbocycles. The summed E-state index contributed by atoms with van der Waals surface area (Å²) in [5.74, 6) is -0.692. The van der Waals surface area contributed by atoms with Crippen LogP contribution in [-0.4, -0.2) is 17.9 Å². The second kappa shape index (κ2) is 4.92. The van der Waals surface area contributed by atoms with Gasteiger partial charge in [-0.2, -0.15) is 0 Å². The van der Waals surface area contributed by atoms with Crippen LogP contribution in [0.5, 0.6) is 0 Å². The average molecular weight is 220 g/mol. The van der Waals surface area contributed by atoms with Crippen molar-refractivity contribution in [2.24, 2.45) is 5.92 Å². The number of carbonyl (C=O) groups excluding carboxylic acids is 2. The van der Waals surface area contributed by atoms with E-state index in [-0.39, 0.29) is 17.7 Å². The molecule has 0 spiro atoms. The van der Waals surface area contributed by atoms with E-state index in [1.54, 1.807) is 6.08 Å². The predicted octanol–water partition coefficient (Wildman–Crippen LogP) is 2.20. The van der Waals surface area contributed by atoms with Crippen LogP contribution in [0.4, 0.5) is 0 Å². The molecule has 1 aliphatic heterocycles. The normalized spacial score (nSPS) is 21.8. The molecule has 0 aromatic carbocycles. The van der Waals surface area contributed by atoms with Crippen molar-refractivity contribution in [1.29, 1.82) is 0 Å².